The lowest BCUT2D eigenvalue weighted by atomic mass is 10.2. The molecule has 1 N–H and O–H groups in total. The van der Waals surface area contributed by atoms with Crippen LogP contribution in [0.25, 0.3) is 10.9 Å². The fraction of sp³-hybridized carbons (Fsp3) is 0.200. The maximum atomic E-state index is 12.4. The Hall–Kier alpha value is -2.90. The lowest BCUT2D eigenvalue weighted by Crippen LogP contribution is -2.31. The summed E-state index contributed by atoms with van der Waals surface area (Å²) in [6, 6.07) is 11.6. The summed E-state index contributed by atoms with van der Waals surface area (Å²) in [6.07, 6.45) is 0.244. The van der Waals surface area contributed by atoms with Gasteiger partial charge in [0.1, 0.15) is 0 Å². The van der Waals surface area contributed by atoms with Crippen LogP contribution in [0, 0.1) is 0 Å². The van der Waals surface area contributed by atoms with Gasteiger partial charge in [0.25, 0.3) is 11.5 Å². The molecule has 150 valence electrons. The summed E-state index contributed by atoms with van der Waals surface area (Å²) in [4.78, 5) is 40.9. The van der Waals surface area contributed by atoms with E-state index < -0.39 is 18.0 Å². The van der Waals surface area contributed by atoms with Gasteiger partial charge in [0, 0.05) is 11.6 Å². The van der Waals surface area contributed by atoms with Crippen molar-refractivity contribution in [2.45, 2.75) is 26.0 Å². The molecule has 0 radical (unpaired) electrons. The zero-order chi connectivity index (χ0) is 21.0. The third-order valence-corrected chi connectivity index (χ3v) is 4.72. The highest BCUT2D eigenvalue weighted by Crippen LogP contribution is 2.25. The van der Waals surface area contributed by atoms with Crippen LogP contribution in [-0.2, 0) is 20.9 Å². The molecule has 3 rings (SSSR count). The summed E-state index contributed by atoms with van der Waals surface area (Å²) in [7, 11) is 0. The molecular weight excluding hydrogens is 417 g/mol. The van der Waals surface area contributed by atoms with Gasteiger partial charge in [-0.15, -0.1) is 0 Å². The zero-order valence-electron chi connectivity index (χ0n) is 15.4. The summed E-state index contributed by atoms with van der Waals surface area (Å²) in [5.41, 5.74) is 0.659. The van der Waals surface area contributed by atoms with E-state index in [1.54, 1.807) is 36.4 Å². The molecule has 1 aromatic heterocycles. The number of anilines is 1. The molecule has 0 bridgehead atoms. The fourth-order valence-corrected chi connectivity index (χ4v) is 2.95. The van der Waals surface area contributed by atoms with Crippen molar-refractivity contribution in [2.75, 3.05) is 5.32 Å². The first-order valence-electron chi connectivity index (χ1n) is 8.74. The monoisotopic (exact) mass is 433 g/mol. The Morgan fingerprint density at radius 3 is 2.76 bits per heavy atom. The standard InChI is InChI=1S/C20H17Cl2N3O4/c1-12(19(27)24-17-10-13(21)6-7-15(17)22)29-18(26)8-9-25-11-23-16-5-3-2-4-14(16)20(25)28/h2-7,10-12H,8-9H2,1H3,(H,24,27). The number of benzene rings is 2. The number of carbonyl (C=O) groups excluding carboxylic acids is 2. The van der Waals surface area contributed by atoms with E-state index in [2.05, 4.69) is 10.3 Å². The highest BCUT2D eigenvalue weighted by atomic mass is 35.5. The number of aryl methyl sites for hydroxylation is 1. The average Bonchev–Trinajstić information content (AvgIpc) is 2.70. The molecule has 1 atom stereocenters. The minimum atomic E-state index is -1.05. The van der Waals surface area contributed by atoms with Crippen molar-refractivity contribution < 1.29 is 14.3 Å². The van der Waals surface area contributed by atoms with Gasteiger partial charge in [0.05, 0.1) is 34.4 Å². The molecule has 3 aromatic rings. The molecule has 0 aliphatic heterocycles. The van der Waals surface area contributed by atoms with Crippen molar-refractivity contribution in [1.82, 2.24) is 9.55 Å². The number of nitrogens with zero attached hydrogens (tertiary/aromatic N) is 2. The van der Waals surface area contributed by atoms with Gasteiger partial charge in [-0.3, -0.25) is 19.0 Å². The van der Waals surface area contributed by atoms with E-state index in [1.165, 1.54) is 23.9 Å². The number of ether oxygens (including phenoxy) is 1. The van der Waals surface area contributed by atoms with Crippen molar-refractivity contribution in [3.63, 3.8) is 0 Å². The van der Waals surface area contributed by atoms with Gasteiger partial charge in [-0.05, 0) is 37.3 Å². The lowest BCUT2D eigenvalue weighted by molar-refractivity contribution is -0.153. The van der Waals surface area contributed by atoms with E-state index in [0.717, 1.165) is 0 Å². The number of halogens is 2. The molecule has 2 aromatic carbocycles. The zero-order valence-corrected chi connectivity index (χ0v) is 16.9. The molecule has 0 saturated carbocycles. The Labute approximate surface area is 176 Å². The van der Waals surface area contributed by atoms with E-state index >= 15 is 0 Å². The topological polar surface area (TPSA) is 90.3 Å². The number of nitrogens with one attached hydrogen (secondary N) is 1. The molecule has 0 fully saturated rings. The number of fused-ring (bicyclic) bond motifs is 1. The van der Waals surface area contributed by atoms with Gasteiger partial charge in [0.2, 0.25) is 0 Å². The molecular formula is C20H17Cl2N3O4. The van der Waals surface area contributed by atoms with E-state index in [-0.39, 0.29) is 18.5 Å². The van der Waals surface area contributed by atoms with Crippen LogP contribution in [0.5, 0.6) is 0 Å². The van der Waals surface area contributed by atoms with E-state index in [1.807, 2.05) is 0 Å². The number of para-hydroxylation sites is 1. The molecule has 7 nitrogen and oxygen atoms in total. The molecule has 0 saturated heterocycles. The van der Waals surface area contributed by atoms with Gasteiger partial charge in [0.15, 0.2) is 6.10 Å². The van der Waals surface area contributed by atoms with Crippen molar-refractivity contribution in [2.24, 2.45) is 0 Å². The summed E-state index contributed by atoms with van der Waals surface area (Å²) >= 11 is 11.9. The minimum absolute atomic E-state index is 0.0873. The predicted molar refractivity (Wildman–Crippen MR) is 111 cm³/mol. The maximum Gasteiger partial charge on any atom is 0.308 e. The molecule has 0 spiro atoms. The Bertz CT molecular complexity index is 1130. The number of rotatable bonds is 6. The second-order valence-electron chi connectivity index (χ2n) is 6.26. The number of amides is 1. The third kappa shape index (κ3) is 5.13. The van der Waals surface area contributed by atoms with Gasteiger partial charge in [-0.2, -0.15) is 0 Å². The van der Waals surface area contributed by atoms with Crippen molar-refractivity contribution in [3.8, 4) is 0 Å². The number of carbonyl (C=O) groups is 2. The first kappa shape index (κ1) is 20.8. The van der Waals surface area contributed by atoms with Crippen LogP contribution in [0.2, 0.25) is 10.0 Å². The Kier molecular flexibility index (Phi) is 6.51. The second-order valence-corrected chi connectivity index (χ2v) is 7.10. The number of aromatic nitrogens is 2. The molecule has 0 aliphatic carbocycles. The predicted octanol–water partition coefficient (Wildman–Crippen LogP) is 3.66. The molecule has 1 heterocycles. The fourth-order valence-electron chi connectivity index (χ4n) is 2.61. The van der Waals surface area contributed by atoms with Crippen LogP contribution < -0.4 is 10.9 Å². The summed E-state index contributed by atoms with van der Waals surface area (Å²) < 4.78 is 6.47. The van der Waals surface area contributed by atoms with E-state index in [0.29, 0.717) is 26.6 Å². The van der Waals surface area contributed by atoms with Crippen LogP contribution in [0.3, 0.4) is 0 Å². The minimum Gasteiger partial charge on any atom is -0.452 e. The summed E-state index contributed by atoms with van der Waals surface area (Å²) in [5, 5.41) is 3.74. The van der Waals surface area contributed by atoms with Gasteiger partial charge in [-0.25, -0.2) is 4.98 Å². The molecule has 0 aliphatic rings. The highest BCUT2D eigenvalue weighted by Gasteiger charge is 2.19. The number of esters is 1. The van der Waals surface area contributed by atoms with Crippen LogP contribution in [0.1, 0.15) is 13.3 Å². The van der Waals surface area contributed by atoms with Crippen LogP contribution in [0.15, 0.2) is 53.6 Å². The number of hydrogen-bond acceptors (Lipinski definition) is 5. The van der Waals surface area contributed by atoms with Crippen molar-refractivity contribution >= 4 is 51.7 Å². The van der Waals surface area contributed by atoms with Gasteiger partial charge in [-0.1, -0.05) is 35.3 Å². The quantitative estimate of drug-likeness (QED) is 0.598. The summed E-state index contributed by atoms with van der Waals surface area (Å²) in [6.45, 7) is 1.53. The van der Waals surface area contributed by atoms with Crippen LogP contribution in [0.4, 0.5) is 5.69 Å². The third-order valence-electron chi connectivity index (χ3n) is 4.15. The first-order valence-corrected chi connectivity index (χ1v) is 9.50. The van der Waals surface area contributed by atoms with Crippen LogP contribution in [-0.4, -0.2) is 27.5 Å². The smallest absolute Gasteiger partial charge is 0.308 e. The Morgan fingerprint density at radius 2 is 1.97 bits per heavy atom. The largest absolute Gasteiger partial charge is 0.452 e. The average molecular weight is 434 g/mol. The van der Waals surface area contributed by atoms with Gasteiger partial charge >= 0.3 is 5.97 Å². The van der Waals surface area contributed by atoms with E-state index in [9.17, 15) is 14.4 Å². The lowest BCUT2D eigenvalue weighted by Gasteiger charge is -2.14. The van der Waals surface area contributed by atoms with Gasteiger partial charge < -0.3 is 10.1 Å². The normalized spacial score (nSPS) is 11.8. The first-order chi connectivity index (χ1) is 13.8. The molecule has 1 amide bonds. The Morgan fingerprint density at radius 1 is 1.21 bits per heavy atom. The van der Waals surface area contributed by atoms with Crippen molar-refractivity contribution in [3.05, 3.63) is 69.2 Å². The van der Waals surface area contributed by atoms with Crippen LogP contribution >= 0.6 is 23.2 Å². The summed E-state index contributed by atoms with van der Waals surface area (Å²) in [5.74, 6) is -1.17. The SMILES string of the molecule is CC(OC(=O)CCn1cnc2ccccc2c1=O)C(=O)Nc1cc(Cl)ccc1Cl. The van der Waals surface area contributed by atoms with Crippen molar-refractivity contribution in [1.29, 1.82) is 0 Å². The maximum absolute atomic E-state index is 12.4. The van der Waals surface area contributed by atoms with E-state index in [4.69, 9.17) is 27.9 Å². The molecule has 1 unspecified atom stereocenters. The molecule has 9 heteroatoms. The Balaban J connectivity index is 1.57. The second kappa shape index (κ2) is 9.07. The molecule has 29 heavy (non-hydrogen) atoms. The highest BCUT2D eigenvalue weighted by molar-refractivity contribution is 6.35. The number of hydrogen-bond donors (Lipinski definition) is 1.